The van der Waals surface area contributed by atoms with Crippen molar-refractivity contribution in [2.75, 3.05) is 19.8 Å². The molecule has 1 N–H and O–H groups in total. The summed E-state index contributed by atoms with van der Waals surface area (Å²) in [5.41, 5.74) is 2.12. The largest absolute Gasteiger partial charge is 0.489 e. The lowest BCUT2D eigenvalue weighted by molar-refractivity contribution is -0.145. The highest BCUT2D eigenvalue weighted by Crippen LogP contribution is 2.35. The van der Waals surface area contributed by atoms with Crippen LogP contribution < -0.4 is 18.9 Å². The molecule has 0 bridgehead atoms. The van der Waals surface area contributed by atoms with E-state index in [0.717, 1.165) is 66.1 Å². The van der Waals surface area contributed by atoms with Gasteiger partial charge in [-0.1, -0.05) is 47.8 Å². The molecule has 0 radical (unpaired) electrons. The van der Waals surface area contributed by atoms with E-state index in [1.807, 2.05) is 92.7 Å². The van der Waals surface area contributed by atoms with Gasteiger partial charge in [0, 0.05) is 19.6 Å². The predicted octanol–water partition coefficient (Wildman–Crippen LogP) is 12.9. The van der Waals surface area contributed by atoms with E-state index >= 15 is 0 Å². The second-order valence-corrected chi connectivity index (χ2v) is 16.0. The number of rotatable bonds is 17. The monoisotopic (exact) mass is 924 g/mol. The molecule has 6 aromatic carbocycles. The Morgan fingerprint density at radius 2 is 0.891 bits per heavy atom. The molecule has 0 fully saturated rings. The zero-order chi connectivity index (χ0) is 46.3. The highest BCUT2D eigenvalue weighted by atomic mass is 32.2. The van der Waals surface area contributed by atoms with E-state index < -0.39 is 35.4 Å². The maximum Gasteiger partial charge on any atom is 0.416 e. The van der Waals surface area contributed by atoms with Crippen molar-refractivity contribution in [1.82, 2.24) is 0 Å². The van der Waals surface area contributed by atoms with Gasteiger partial charge in [-0.25, -0.2) is 9.59 Å². The number of hydrogen-bond acceptors (Lipinski definition) is 9. The minimum absolute atomic E-state index is 0.128. The summed E-state index contributed by atoms with van der Waals surface area (Å²) in [5.74, 6) is 0.470. The molecular formula is C48H42F6O8S2. The van der Waals surface area contributed by atoms with Crippen LogP contribution in [0.1, 0.15) is 40.3 Å². The molecule has 0 aliphatic rings. The van der Waals surface area contributed by atoms with Crippen LogP contribution in [0.25, 0.3) is 0 Å². The molecular weight excluding hydrogens is 883 g/mol. The van der Waals surface area contributed by atoms with Crippen molar-refractivity contribution in [1.29, 1.82) is 0 Å². The fraction of sp³-hybridized carbons (Fsp3) is 0.208. The van der Waals surface area contributed by atoms with Gasteiger partial charge in [-0.2, -0.15) is 26.3 Å². The van der Waals surface area contributed by atoms with Gasteiger partial charge in [-0.15, -0.1) is 0 Å². The molecule has 336 valence electrons. The third-order valence-electron chi connectivity index (χ3n) is 8.79. The fourth-order valence-electron chi connectivity index (χ4n) is 5.57. The van der Waals surface area contributed by atoms with Crippen LogP contribution in [0.4, 0.5) is 26.3 Å². The van der Waals surface area contributed by atoms with Crippen LogP contribution in [0.2, 0.25) is 0 Å². The summed E-state index contributed by atoms with van der Waals surface area (Å²) in [6.07, 6.45) is -8.73. The number of aliphatic carboxylic acids is 1. The van der Waals surface area contributed by atoms with E-state index in [0.29, 0.717) is 29.6 Å². The first kappa shape index (κ1) is 48.8. The summed E-state index contributed by atoms with van der Waals surface area (Å²) < 4.78 is 102. The second kappa shape index (κ2) is 22.9. The lowest BCUT2D eigenvalue weighted by Crippen LogP contribution is -2.14. The third kappa shape index (κ3) is 15.8. The number of hydrogen-bond donors (Lipinski definition) is 1. The Morgan fingerprint density at radius 1 is 0.516 bits per heavy atom. The van der Waals surface area contributed by atoms with Crippen molar-refractivity contribution in [3.8, 4) is 23.0 Å². The molecule has 64 heavy (non-hydrogen) atoms. The maximum atomic E-state index is 12.6. The average molecular weight is 925 g/mol. The van der Waals surface area contributed by atoms with E-state index in [-0.39, 0.29) is 26.4 Å². The Labute approximate surface area is 374 Å². The summed E-state index contributed by atoms with van der Waals surface area (Å²) >= 11 is 3.12. The molecule has 0 saturated heterocycles. The zero-order valence-corrected chi connectivity index (χ0v) is 36.3. The summed E-state index contributed by atoms with van der Waals surface area (Å²) in [5, 5.41) is 8.70. The number of carboxylic acids is 1. The summed E-state index contributed by atoms with van der Waals surface area (Å²) in [4.78, 5) is 26.1. The Balaban J connectivity index is 0.000000241. The summed E-state index contributed by atoms with van der Waals surface area (Å²) in [7, 11) is 0. The van der Waals surface area contributed by atoms with Gasteiger partial charge in [0.05, 0.1) is 17.7 Å². The van der Waals surface area contributed by atoms with E-state index in [9.17, 15) is 35.9 Å². The van der Waals surface area contributed by atoms with Crippen molar-refractivity contribution in [3.05, 3.63) is 167 Å². The minimum atomic E-state index is -4.36. The molecule has 6 rings (SSSR count). The minimum Gasteiger partial charge on any atom is -0.489 e. The number of esters is 1. The van der Waals surface area contributed by atoms with Crippen LogP contribution in [0.15, 0.2) is 153 Å². The van der Waals surface area contributed by atoms with Gasteiger partial charge in [0.2, 0.25) is 0 Å². The highest BCUT2D eigenvalue weighted by Gasteiger charge is 2.30. The molecule has 0 amide bonds. The van der Waals surface area contributed by atoms with Crippen molar-refractivity contribution < 1.29 is 64.7 Å². The first-order valence-corrected chi connectivity index (χ1v) is 21.1. The Hall–Kier alpha value is -6.26. The SMILES string of the molecule is CCOC(=O)COc1ccc(Sc2ccc(COc3ccc(C(F)(F)F)cc3)cc2)cc1C.Cc1cc(Sc2ccc(COc3ccc(C(F)(F)F)cc3)cc2)ccc1OCC(=O)O. The highest BCUT2D eigenvalue weighted by molar-refractivity contribution is 7.99. The van der Waals surface area contributed by atoms with Crippen LogP contribution in [0.3, 0.4) is 0 Å². The number of aryl methyl sites for hydroxylation is 2. The van der Waals surface area contributed by atoms with Gasteiger partial charge in [0.25, 0.3) is 0 Å². The molecule has 16 heteroatoms. The van der Waals surface area contributed by atoms with Crippen LogP contribution in [-0.4, -0.2) is 36.9 Å². The quantitative estimate of drug-likeness (QED) is 0.0703. The molecule has 8 nitrogen and oxygen atoms in total. The summed E-state index contributed by atoms with van der Waals surface area (Å²) in [6.45, 7) is 5.80. The van der Waals surface area contributed by atoms with Gasteiger partial charge in [0.1, 0.15) is 36.2 Å². The van der Waals surface area contributed by atoms with Crippen molar-refractivity contribution in [2.45, 2.75) is 65.9 Å². The van der Waals surface area contributed by atoms with E-state index in [4.69, 9.17) is 28.8 Å². The third-order valence-corrected chi connectivity index (χ3v) is 10.8. The van der Waals surface area contributed by atoms with Crippen molar-refractivity contribution >= 4 is 35.5 Å². The fourth-order valence-corrected chi connectivity index (χ4v) is 7.40. The maximum absolute atomic E-state index is 12.6. The average Bonchev–Trinajstić information content (AvgIpc) is 3.25. The molecule has 0 unspecified atom stereocenters. The van der Waals surface area contributed by atoms with Gasteiger partial charge in [-0.05, 0) is 152 Å². The van der Waals surface area contributed by atoms with Gasteiger partial charge < -0.3 is 28.8 Å². The number of alkyl halides is 6. The Bertz CT molecular complexity index is 2440. The molecule has 0 atom stereocenters. The molecule has 0 aliphatic carbocycles. The summed E-state index contributed by atoms with van der Waals surface area (Å²) in [6, 6.07) is 35.9. The standard InChI is InChI=1S/C25H23F3O4S.C23H19F3O4S/c1-3-30-24(29)16-32-23-13-12-22(14-17(23)2)33-21-10-4-18(5-11-21)15-31-20-8-6-19(7-9-20)25(26,27)28;1-15-12-20(10-11-21(15)30-14-22(27)28)31-19-8-2-16(3-9-19)13-29-18-6-4-17(5-7-18)23(24,25)26/h4-14H,3,15-16H2,1-2H3;2-12H,13-14H2,1H3,(H,27,28). The number of benzene rings is 6. The number of carboxylic acid groups (broad SMARTS) is 1. The normalized spacial score (nSPS) is 11.2. The predicted molar refractivity (Wildman–Crippen MR) is 230 cm³/mol. The van der Waals surface area contributed by atoms with Crippen molar-refractivity contribution in [3.63, 3.8) is 0 Å². The molecule has 0 aliphatic heterocycles. The lowest BCUT2D eigenvalue weighted by Gasteiger charge is -2.11. The topological polar surface area (TPSA) is 101 Å². The van der Waals surface area contributed by atoms with E-state index in [2.05, 4.69) is 0 Å². The van der Waals surface area contributed by atoms with Crippen molar-refractivity contribution in [2.24, 2.45) is 0 Å². The zero-order valence-electron chi connectivity index (χ0n) is 34.6. The van der Waals surface area contributed by atoms with Crippen LogP contribution in [0, 0.1) is 13.8 Å². The Kier molecular flexibility index (Phi) is 17.4. The first-order valence-electron chi connectivity index (χ1n) is 19.4. The molecule has 6 aromatic rings. The first-order chi connectivity index (χ1) is 30.4. The smallest absolute Gasteiger partial charge is 0.416 e. The van der Waals surface area contributed by atoms with Crippen LogP contribution in [-0.2, 0) is 39.9 Å². The Morgan fingerprint density at radius 3 is 1.23 bits per heavy atom. The molecule has 0 aromatic heterocycles. The molecule has 0 heterocycles. The van der Waals surface area contributed by atoms with E-state index in [1.54, 1.807) is 36.5 Å². The number of ether oxygens (including phenoxy) is 5. The number of halogens is 6. The van der Waals surface area contributed by atoms with Gasteiger partial charge in [-0.3, -0.25) is 0 Å². The molecule has 0 saturated carbocycles. The van der Waals surface area contributed by atoms with Crippen LogP contribution in [0.5, 0.6) is 23.0 Å². The number of carbonyl (C=O) groups is 2. The number of carbonyl (C=O) groups excluding carboxylic acids is 1. The molecule has 0 spiro atoms. The van der Waals surface area contributed by atoms with E-state index in [1.165, 1.54) is 24.3 Å². The second-order valence-electron chi connectivity index (χ2n) is 13.7. The van der Waals surface area contributed by atoms with Gasteiger partial charge >= 0.3 is 24.3 Å². The van der Waals surface area contributed by atoms with Crippen LogP contribution >= 0.6 is 23.5 Å². The van der Waals surface area contributed by atoms with Gasteiger partial charge in [0.15, 0.2) is 13.2 Å². The lowest BCUT2D eigenvalue weighted by atomic mass is 10.2.